The topological polar surface area (TPSA) is 51.7 Å². The molecule has 0 bridgehead atoms. The van der Waals surface area contributed by atoms with Gasteiger partial charge >= 0.3 is 0 Å². The maximum atomic E-state index is 12.7. The van der Waals surface area contributed by atoms with Crippen molar-refractivity contribution >= 4 is 17.2 Å². The number of ether oxygens (including phenoxy) is 2. The third-order valence-electron chi connectivity index (χ3n) is 4.14. The molecule has 0 N–H and O–H groups in total. The molecule has 24 heavy (non-hydrogen) atoms. The lowest BCUT2D eigenvalue weighted by Crippen LogP contribution is -2.35. The van der Waals surface area contributed by atoms with Crippen LogP contribution in [0.2, 0.25) is 0 Å². The van der Waals surface area contributed by atoms with Crippen molar-refractivity contribution in [1.29, 1.82) is 0 Å². The number of benzene rings is 1. The molecule has 3 rings (SSSR count). The van der Waals surface area contributed by atoms with Crippen molar-refractivity contribution < 1.29 is 14.3 Å². The number of rotatable bonds is 7. The molecule has 1 atom stereocenters. The van der Waals surface area contributed by atoms with Crippen molar-refractivity contribution in [3.8, 4) is 5.75 Å². The van der Waals surface area contributed by atoms with Gasteiger partial charge in [0, 0.05) is 36.6 Å². The predicted octanol–water partition coefficient (Wildman–Crippen LogP) is 3.22. The van der Waals surface area contributed by atoms with E-state index in [-0.39, 0.29) is 5.91 Å². The van der Waals surface area contributed by atoms with Gasteiger partial charge in [0.15, 0.2) is 0 Å². The molecular weight excluding hydrogens is 324 g/mol. The first-order valence-electron chi connectivity index (χ1n) is 8.23. The molecule has 1 aromatic carbocycles. The summed E-state index contributed by atoms with van der Waals surface area (Å²) in [5, 5.41) is 1.96. The molecule has 1 saturated heterocycles. The normalized spacial score (nSPS) is 17.0. The molecule has 6 heteroatoms. The monoisotopic (exact) mass is 346 g/mol. The van der Waals surface area contributed by atoms with Crippen molar-refractivity contribution in [2.24, 2.45) is 5.92 Å². The van der Waals surface area contributed by atoms with Crippen LogP contribution in [-0.2, 0) is 11.3 Å². The van der Waals surface area contributed by atoms with E-state index in [4.69, 9.17) is 9.47 Å². The first kappa shape index (κ1) is 16.9. The molecule has 2 heterocycles. The van der Waals surface area contributed by atoms with Crippen LogP contribution >= 0.6 is 11.3 Å². The van der Waals surface area contributed by atoms with Crippen LogP contribution in [0, 0.1) is 5.92 Å². The molecule has 0 spiro atoms. The van der Waals surface area contributed by atoms with Gasteiger partial charge in [0.1, 0.15) is 12.4 Å². The van der Waals surface area contributed by atoms with E-state index in [0.29, 0.717) is 24.6 Å². The molecule has 0 saturated carbocycles. The number of aromatic nitrogens is 1. The van der Waals surface area contributed by atoms with E-state index in [1.165, 1.54) is 0 Å². The van der Waals surface area contributed by atoms with Crippen LogP contribution in [-0.4, -0.2) is 42.1 Å². The summed E-state index contributed by atoms with van der Waals surface area (Å²) >= 11 is 1.55. The fraction of sp³-hybridized carbons (Fsp3) is 0.444. The average Bonchev–Trinajstić information content (AvgIpc) is 3.31. The molecule has 5 nitrogen and oxygen atoms in total. The Morgan fingerprint density at radius 2 is 2.25 bits per heavy atom. The van der Waals surface area contributed by atoms with Crippen LogP contribution < -0.4 is 4.74 Å². The molecular formula is C18H22N2O3S. The van der Waals surface area contributed by atoms with E-state index < -0.39 is 0 Å². The Labute approximate surface area is 146 Å². The molecule has 1 aromatic heterocycles. The zero-order valence-corrected chi connectivity index (χ0v) is 14.6. The van der Waals surface area contributed by atoms with Crippen molar-refractivity contribution in [2.45, 2.75) is 20.0 Å². The van der Waals surface area contributed by atoms with Crippen LogP contribution in [0.4, 0.5) is 0 Å². The fourth-order valence-corrected chi connectivity index (χ4v) is 3.28. The first-order valence-corrected chi connectivity index (χ1v) is 9.17. The lowest BCUT2D eigenvalue weighted by Gasteiger charge is -2.23. The highest BCUT2D eigenvalue weighted by Crippen LogP contribution is 2.18. The van der Waals surface area contributed by atoms with Crippen LogP contribution in [0.1, 0.15) is 29.4 Å². The van der Waals surface area contributed by atoms with Crippen molar-refractivity contribution in [2.75, 3.05) is 26.3 Å². The van der Waals surface area contributed by atoms with Crippen molar-refractivity contribution in [3.05, 3.63) is 46.4 Å². The third-order valence-corrected chi connectivity index (χ3v) is 4.78. The molecule has 1 amide bonds. The van der Waals surface area contributed by atoms with Gasteiger partial charge in [-0.1, -0.05) is 0 Å². The highest BCUT2D eigenvalue weighted by Gasteiger charge is 2.22. The van der Waals surface area contributed by atoms with Gasteiger partial charge in [-0.25, -0.2) is 4.98 Å². The average molecular weight is 346 g/mol. The number of hydrogen-bond donors (Lipinski definition) is 0. The van der Waals surface area contributed by atoms with Gasteiger partial charge in [-0.15, -0.1) is 11.3 Å². The number of carbonyl (C=O) groups is 1. The molecule has 0 aliphatic carbocycles. The smallest absolute Gasteiger partial charge is 0.253 e. The second-order valence-electron chi connectivity index (χ2n) is 5.87. The van der Waals surface area contributed by atoms with Crippen molar-refractivity contribution in [1.82, 2.24) is 9.88 Å². The summed E-state index contributed by atoms with van der Waals surface area (Å²) in [6.07, 6.45) is 1.03. The highest BCUT2D eigenvalue weighted by atomic mass is 32.1. The van der Waals surface area contributed by atoms with Gasteiger partial charge in [0.05, 0.1) is 17.8 Å². The van der Waals surface area contributed by atoms with Crippen LogP contribution in [0.15, 0.2) is 35.2 Å². The lowest BCUT2D eigenvalue weighted by atomic mass is 10.1. The van der Waals surface area contributed by atoms with E-state index in [1.54, 1.807) is 16.8 Å². The Balaban J connectivity index is 1.57. The summed E-state index contributed by atoms with van der Waals surface area (Å²) in [5.74, 6) is 1.26. The number of carbonyl (C=O) groups excluding carboxylic acids is 1. The van der Waals surface area contributed by atoms with Gasteiger partial charge in [-0.2, -0.15) is 0 Å². The maximum Gasteiger partial charge on any atom is 0.253 e. The summed E-state index contributed by atoms with van der Waals surface area (Å²) in [6.45, 7) is 5.49. The second-order valence-corrected chi connectivity index (χ2v) is 6.58. The third kappa shape index (κ3) is 4.33. The Morgan fingerprint density at radius 3 is 2.88 bits per heavy atom. The zero-order valence-electron chi connectivity index (χ0n) is 13.8. The Hall–Kier alpha value is -1.92. The molecule has 1 aliphatic rings. The van der Waals surface area contributed by atoms with Gasteiger partial charge in [-0.05, 0) is 37.6 Å². The van der Waals surface area contributed by atoms with E-state index in [2.05, 4.69) is 4.98 Å². The molecule has 2 aromatic rings. The van der Waals surface area contributed by atoms with Gasteiger partial charge in [0.2, 0.25) is 0 Å². The minimum atomic E-state index is 0.0652. The van der Waals surface area contributed by atoms with E-state index >= 15 is 0 Å². The molecule has 1 fully saturated rings. The quantitative estimate of drug-likeness (QED) is 0.772. The maximum absolute atomic E-state index is 12.7. The summed E-state index contributed by atoms with van der Waals surface area (Å²) in [6, 6.07) is 7.33. The number of nitrogens with zero attached hydrogens (tertiary/aromatic N) is 2. The Bertz CT molecular complexity index is 637. The standard InChI is InChI=1S/C18H22N2O3S/c1-2-20(9-14-7-8-22-10-14)18(21)15-3-5-17(6-4-15)23-11-16-12-24-13-19-16/h3-6,12-14H,2,7-11H2,1H3. The lowest BCUT2D eigenvalue weighted by molar-refractivity contribution is 0.0731. The van der Waals surface area contributed by atoms with Crippen LogP contribution in [0.5, 0.6) is 5.75 Å². The summed E-state index contributed by atoms with van der Waals surface area (Å²) in [7, 11) is 0. The molecule has 1 aliphatic heterocycles. The molecule has 0 radical (unpaired) electrons. The summed E-state index contributed by atoms with van der Waals surface area (Å²) in [4.78, 5) is 18.7. The Kier molecular flexibility index (Phi) is 5.82. The second kappa shape index (κ2) is 8.26. The van der Waals surface area contributed by atoms with Gasteiger partial charge in [0.25, 0.3) is 5.91 Å². The van der Waals surface area contributed by atoms with E-state index in [1.807, 2.05) is 41.5 Å². The van der Waals surface area contributed by atoms with E-state index in [9.17, 15) is 4.79 Å². The fourth-order valence-electron chi connectivity index (χ4n) is 2.74. The number of thiazole rings is 1. The minimum Gasteiger partial charge on any atom is -0.487 e. The number of hydrogen-bond acceptors (Lipinski definition) is 5. The largest absolute Gasteiger partial charge is 0.487 e. The Morgan fingerprint density at radius 1 is 1.42 bits per heavy atom. The minimum absolute atomic E-state index is 0.0652. The SMILES string of the molecule is CCN(CC1CCOC1)C(=O)c1ccc(OCc2cscn2)cc1. The summed E-state index contributed by atoms with van der Waals surface area (Å²) in [5.41, 5.74) is 3.39. The van der Waals surface area contributed by atoms with Crippen LogP contribution in [0.3, 0.4) is 0 Å². The molecule has 1 unspecified atom stereocenters. The predicted molar refractivity (Wildman–Crippen MR) is 93.4 cm³/mol. The highest BCUT2D eigenvalue weighted by molar-refractivity contribution is 7.07. The van der Waals surface area contributed by atoms with Gasteiger partial charge in [-0.3, -0.25) is 4.79 Å². The first-order chi connectivity index (χ1) is 11.8. The van der Waals surface area contributed by atoms with Crippen LogP contribution in [0.25, 0.3) is 0 Å². The van der Waals surface area contributed by atoms with Gasteiger partial charge < -0.3 is 14.4 Å². The molecule has 128 valence electrons. The number of amides is 1. The zero-order chi connectivity index (χ0) is 16.8. The summed E-state index contributed by atoms with van der Waals surface area (Å²) < 4.78 is 11.1. The van der Waals surface area contributed by atoms with Crippen molar-refractivity contribution in [3.63, 3.8) is 0 Å². The van der Waals surface area contributed by atoms with E-state index in [0.717, 1.165) is 37.6 Å².